The standard InChI is InChI=1S/C19H21N3O.ClH/c1-2-8-14(9-3-1)23-18-13-7-6-12-17(18)22-19-20-15-10-4-5-11-16(15)21-19;/h1-3,6-9,12-13,15-16H,4-5,10-11H2,(H2,20,21,22);1H/t15-,16-;/m1./s1. The lowest BCUT2D eigenvalue weighted by Gasteiger charge is -2.23. The monoisotopic (exact) mass is 343 g/mol. The van der Waals surface area contributed by atoms with Crippen molar-refractivity contribution < 1.29 is 4.74 Å². The van der Waals surface area contributed by atoms with Crippen molar-refractivity contribution in [1.29, 1.82) is 0 Å². The Hall–Kier alpha value is -2.20. The molecule has 1 saturated heterocycles. The Balaban J connectivity index is 0.00000169. The minimum absolute atomic E-state index is 0. The number of nitrogens with one attached hydrogen (secondary N) is 2. The van der Waals surface area contributed by atoms with E-state index in [1.165, 1.54) is 25.7 Å². The zero-order chi connectivity index (χ0) is 15.5. The molecule has 1 heterocycles. The summed E-state index contributed by atoms with van der Waals surface area (Å²) in [6, 6.07) is 18.7. The molecular formula is C19H22ClN3O. The van der Waals surface area contributed by atoms with Crippen molar-refractivity contribution in [3.8, 4) is 11.5 Å². The van der Waals surface area contributed by atoms with Crippen LogP contribution in [0.5, 0.6) is 11.5 Å². The van der Waals surface area contributed by atoms with Gasteiger partial charge >= 0.3 is 0 Å². The highest BCUT2D eigenvalue weighted by Crippen LogP contribution is 2.32. The normalized spacial score (nSPS) is 21.8. The number of hydrogen-bond donors (Lipinski definition) is 2. The Morgan fingerprint density at radius 2 is 1.46 bits per heavy atom. The van der Waals surface area contributed by atoms with Gasteiger partial charge in [-0.25, -0.2) is 4.99 Å². The lowest BCUT2D eigenvalue weighted by molar-refractivity contribution is 0.374. The third-order valence-electron chi connectivity index (χ3n) is 4.48. The molecule has 2 aromatic rings. The molecule has 2 fully saturated rings. The van der Waals surface area contributed by atoms with Gasteiger partial charge in [-0.3, -0.25) is 0 Å². The van der Waals surface area contributed by atoms with Gasteiger partial charge in [0.05, 0.1) is 0 Å². The van der Waals surface area contributed by atoms with Crippen molar-refractivity contribution in [3.05, 3.63) is 54.6 Å². The van der Waals surface area contributed by atoms with Gasteiger partial charge in [0.25, 0.3) is 0 Å². The van der Waals surface area contributed by atoms with Crippen molar-refractivity contribution in [2.24, 2.45) is 4.99 Å². The molecule has 5 heteroatoms. The number of benzene rings is 2. The lowest BCUT2D eigenvalue weighted by atomic mass is 9.92. The largest absolute Gasteiger partial charge is 0.455 e. The zero-order valence-electron chi connectivity index (χ0n) is 13.4. The van der Waals surface area contributed by atoms with Gasteiger partial charge in [-0.05, 0) is 37.1 Å². The first kappa shape index (κ1) is 16.7. The Morgan fingerprint density at radius 1 is 0.833 bits per heavy atom. The molecule has 0 aromatic heterocycles. The number of halogens is 1. The van der Waals surface area contributed by atoms with Crippen molar-refractivity contribution >= 4 is 24.1 Å². The van der Waals surface area contributed by atoms with Gasteiger partial charge in [-0.1, -0.05) is 43.2 Å². The van der Waals surface area contributed by atoms with E-state index in [-0.39, 0.29) is 12.4 Å². The van der Waals surface area contributed by atoms with Crippen LogP contribution in [0.25, 0.3) is 0 Å². The number of guanidine groups is 1. The first-order valence-corrected chi connectivity index (χ1v) is 8.32. The van der Waals surface area contributed by atoms with Crippen LogP contribution < -0.4 is 15.4 Å². The fourth-order valence-electron chi connectivity index (χ4n) is 3.31. The van der Waals surface area contributed by atoms with E-state index in [2.05, 4.69) is 10.6 Å². The van der Waals surface area contributed by atoms with Crippen molar-refractivity contribution in [2.45, 2.75) is 37.8 Å². The predicted molar refractivity (Wildman–Crippen MR) is 99.6 cm³/mol. The maximum atomic E-state index is 5.98. The van der Waals surface area contributed by atoms with Crippen LogP contribution in [-0.2, 0) is 0 Å². The summed E-state index contributed by atoms with van der Waals surface area (Å²) in [7, 11) is 0. The Kier molecular flexibility index (Phi) is 5.26. The molecule has 1 aliphatic heterocycles. The summed E-state index contributed by atoms with van der Waals surface area (Å²) in [5.41, 5.74) is 0.838. The van der Waals surface area contributed by atoms with Crippen LogP contribution in [0.15, 0.2) is 59.6 Å². The lowest BCUT2D eigenvalue weighted by Crippen LogP contribution is -2.36. The highest BCUT2D eigenvalue weighted by atomic mass is 35.5. The number of fused-ring (bicyclic) bond motifs is 1. The molecule has 0 spiro atoms. The van der Waals surface area contributed by atoms with E-state index in [0.29, 0.717) is 12.1 Å². The van der Waals surface area contributed by atoms with Crippen LogP contribution in [0.2, 0.25) is 0 Å². The summed E-state index contributed by atoms with van der Waals surface area (Å²) in [6.45, 7) is 0. The first-order chi connectivity index (χ1) is 11.4. The topological polar surface area (TPSA) is 45.6 Å². The van der Waals surface area contributed by atoms with Crippen LogP contribution in [0.3, 0.4) is 0 Å². The molecule has 126 valence electrons. The fraction of sp³-hybridized carbons (Fsp3) is 0.316. The van der Waals surface area contributed by atoms with Gasteiger partial charge in [0.1, 0.15) is 11.4 Å². The average molecular weight is 344 g/mol. The highest BCUT2D eigenvalue weighted by Gasteiger charge is 2.32. The SMILES string of the molecule is Cl.c1ccc(Oc2ccccc2N=C2N[C@@H]3CCCC[C@H]3N2)cc1. The van der Waals surface area contributed by atoms with E-state index in [4.69, 9.17) is 9.73 Å². The third kappa shape index (κ3) is 3.65. The van der Waals surface area contributed by atoms with Gasteiger partial charge in [0, 0.05) is 12.1 Å². The van der Waals surface area contributed by atoms with E-state index in [9.17, 15) is 0 Å². The predicted octanol–water partition coefficient (Wildman–Crippen LogP) is 4.39. The second-order valence-electron chi connectivity index (χ2n) is 6.13. The summed E-state index contributed by atoms with van der Waals surface area (Å²) in [4.78, 5) is 4.75. The average Bonchev–Trinajstić information content (AvgIpc) is 3.00. The quantitative estimate of drug-likeness (QED) is 0.868. The van der Waals surface area contributed by atoms with E-state index in [1.807, 2.05) is 54.6 Å². The van der Waals surface area contributed by atoms with Crippen molar-refractivity contribution in [3.63, 3.8) is 0 Å². The van der Waals surface area contributed by atoms with Gasteiger partial charge in [-0.15, -0.1) is 12.4 Å². The second kappa shape index (κ2) is 7.58. The molecule has 24 heavy (non-hydrogen) atoms. The molecule has 2 aliphatic rings. The third-order valence-corrected chi connectivity index (χ3v) is 4.48. The minimum Gasteiger partial charge on any atom is -0.455 e. The van der Waals surface area contributed by atoms with Crippen LogP contribution in [0.4, 0.5) is 5.69 Å². The van der Waals surface area contributed by atoms with Gasteiger partial charge in [0.2, 0.25) is 0 Å². The molecule has 4 rings (SSSR count). The number of hydrogen-bond acceptors (Lipinski definition) is 2. The maximum Gasteiger partial charge on any atom is 0.197 e. The summed E-state index contributed by atoms with van der Waals surface area (Å²) >= 11 is 0. The minimum atomic E-state index is 0. The van der Waals surface area contributed by atoms with Gasteiger partial charge in [-0.2, -0.15) is 0 Å². The van der Waals surface area contributed by atoms with E-state index >= 15 is 0 Å². The molecule has 2 N–H and O–H groups in total. The van der Waals surface area contributed by atoms with Crippen LogP contribution in [0, 0.1) is 0 Å². The zero-order valence-corrected chi connectivity index (χ0v) is 14.3. The Bertz CT molecular complexity index is 689. The molecule has 2 atom stereocenters. The number of ether oxygens (including phenoxy) is 1. The molecule has 0 unspecified atom stereocenters. The summed E-state index contributed by atoms with van der Waals surface area (Å²) < 4.78 is 5.98. The number of rotatable bonds is 3. The Labute approximate surface area is 148 Å². The van der Waals surface area contributed by atoms with Crippen LogP contribution in [-0.4, -0.2) is 18.0 Å². The van der Waals surface area contributed by atoms with Crippen LogP contribution >= 0.6 is 12.4 Å². The Morgan fingerprint density at radius 3 is 2.17 bits per heavy atom. The second-order valence-corrected chi connectivity index (χ2v) is 6.13. The van der Waals surface area contributed by atoms with E-state index in [1.54, 1.807) is 0 Å². The highest BCUT2D eigenvalue weighted by molar-refractivity contribution is 5.86. The molecular weight excluding hydrogens is 322 g/mol. The summed E-state index contributed by atoms with van der Waals surface area (Å²) in [5.74, 6) is 2.46. The van der Waals surface area contributed by atoms with E-state index in [0.717, 1.165) is 23.1 Å². The number of nitrogens with zero attached hydrogens (tertiary/aromatic N) is 1. The molecule has 0 radical (unpaired) electrons. The smallest absolute Gasteiger partial charge is 0.197 e. The van der Waals surface area contributed by atoms with Gasteiger partial charge in [0.15, 0.2) is 11.7 Å². The maximum absolute atomic E-state index is 5.98. The van der Waals surface area contributed by atoms with Crippen molar-refractivity contribution in [2.75, 3.05) is 0 Å². The van der Waals surface area contributed by atoms with Crippen molar-refractivity contribution in [1.82, 2.24) is 10.6 Å². The van der Waals surface area contributed by atoms with Crippen LogP contribution in [0.1, 0.15) is 25.7 Å². The molecule has 4 nitrogen and oxygen atoms in total. The summed E-state index contributed by atoms with van der Waals surface area (Å²) in [5, 5.41) is 7.03. The van der Waals surface area contributed by atoms with Gasteiger partial charge < -0.3 is 15.4 Å². The molecule has 0 amide bonds. The molecule has 1 saturated carbocycles. The molecule has 2 aromatic carbocycles. The molecule has 1 aliphatic carbocycles. The number of aliphatic imine (C=N–C) groups is 1. The summed E-state index contributed by atoms with van der Waals surface area (Å²) in [6.07, 6.45) is 5.05. The first-order valence-electron chi connectivity index (χ1n) is 8.32. The number of para-hydroxylation sites is 3. The van der Waals surface area contributed by atoms with E-state index < -0.39 is 0 Å². The fourth-order valence-corrected chi connectivity index (χ4v) is 3.31. The molecule has 0 bridgehead atoms.